The lowest BCUT2D eigenvalue weighted by Crippen LogP contribution is -2.08. The second kappa shape index (κ2) is 8.10. The fourth-order valence-corrected chi connectivity index (χ4v) is 2.18. The van der Waals surface area contributed by atoms with Gasteiger partial charge in [-0.1, -0.05) is 35.0 Å². The van der Waals surface area contributed by atoms with Crippen LogP contribution >= 0.6 is 0 Å². The summed E-state index contributed by atoms with van der Waals surface area (Å²) in [5.74, 6) is 0.745. The number of aryl methyl sites for hydroxylation is 1. The summed E-state index contributed by atoms with van der Waals surface area (Å²) in [5, 5.41) is 12.2. The van der Waals surface area contributed by atoms with Crippen molar-refractivity contribution in [2.75, 3.05) is 0 Å². The fourth-order valence-electron chi connectivity index (χ4n) is 2.18. The number of aromatic nitrogens is 3. The maximum absolute atomic E-state index is 5.60. The lowest BCUT2D eigenvalue weighted by Gasteiger charge is -2.07. The van der Waals surface area contributed by atoms with Gasteiger partial charge in [0.15, 0.2) is 6.73 Å². The van der Waals surface area contributed by atoms with Crippen LogP contribution in [0, 0.1) is 6.92 Å². The molecule has 6 heteroatoms. The Bertz CT molecular complexity index is 810. The first kappa shape index (κ1) is 16.7. The van der Waals surface area contributed by atoms with Crippen LogP contribution in [0.5, 0.6) is 5.75 Å². The molecule has 128 valence electrons. The number of hydrogen-bond acceptors (Lipinski definition) is 5. The molecule has 1 heterocycles. The minimum absolute atomic E-state index is 0.277. The molecule has 0 bridgehead atoms. The van der Waals surface area contributed by atoms with Crippen molar-refractivity contribution >= 4 is 5.71 Å². The zero-order valence-electron chi connectivity index (χ0n) is 14.3. The second-order valence-corrected chi connectivity index (χ2v) is 5.63. The highest BCUT2D eigenvalue weighted by Gasteiger charge is 2.01. The van der Waals surface area contributed by atoms with Gasteiger partial charge in [0.25, 0.3) is 0 Å². The molecular weight excluding hydrogens is 316 g/mol. The largest absolute Gasteiger partial charge is 0.470 e. The van der Waals surface area contributed by atoms with Crippen LogP contribution in [0.1, 0.15) is 23.6 Å². The molecule has 0 radical (unpaired) electrons. The van der Waals surface area contributed by atoms with E-state index in [0.717, 1.165) is 22.6 Å². The van der Waals surface area contributed by atoms with E-state index in [1.165, 1.54) is 10.4 Å². The summed E-state index contributed by atoms with van der Waals surface area (Å²) >= 11 is 0. The maximum atomic E-state index is 5.60. The van der Waals surface area contributed by atoms with E-state index in [-0.39, 0.29) is 6.73 Å². The van der Waals surface area contributed by atoms with E-state index in [4.69, 9.17) is 9.57 Å². The molecular formula is C19H20N4O2. The van der Waals surface area contributed by atoms with Gasteiger partial charge in [-0.2, -0.15) is 10.2 Å². The SMILES string of the molecule is C/C(=N\OCc1ccc(C)cc1)c1ccc(OCn2nccn2)cc1. The van der Waals surface area contributed by atoms with E-state index >= 15 is 0 Å². The van der Waals surface area contributed by atoms with Gasteiger partial charge in [-0.25, -0.2) is 0 Å². The Labute approximate surface area is 146 Å². The maximum Gasteiger partial charge on any atom is 0.199 e. The van der Waals surface area contributed by atoms with E-state index in [1.807, 2.05) is 43.3 Å². The first-order valence-electron chi connectivity index (χ1n) is 8.00. The average Bonchev–Trinajstić information content (AvgIpc) is 3.15. The van der Waals surface area contributed by atoms with Gasteiger partial charge in [0.05, 0.1) is 18.1 Å². The lowest BCUT2D eigenvalue weighted by atomic mass is 10.1. The summed E-state index contributed by atoms with van der Waals surface area (Å²) in [7, 11) is 0. The van der Waals surface area contributed by atoms with Crippen molar-refractivity contribution in [1.29, 1.82) is 0 Å². The number of rotatable bonds is 7. The zero-order valence-corrected chi connectivity index (χ0v) is 14.3. The van der Waals surface area contributed by atoms with Gasteiger partial charge in [0.2, 0.25) is 0 Å². The molecule has 0 unspecified atom stereocenters. The van der Waals surface area contributed by atoms with Crippen molar-refractivity contribution in [1.82, 2.24) is 15.0 Å². The van der Waals surface area contributed by atoms with Crippen LogP contribution in [0.2, 0.25) is 0 Å². The zero-order chi connectivity index (χ0) is 17.5. The van der Waals surface area contributed by atoms with Gasteiger partial charge in [-0.15, -0.1) is 4.80 Å². The van der Waals surface area contributed by atoms with Crippen molar-refractivity contribution in [3.8, 4) is 5.75 Å². The predicted octanol–water partition coefficient (Wildman–Crippen LogP) is 3.56. The Morgan fingerprint density at radius 2 is 1.68 bits per heavy atom. The highest BCUT2D eigenvalue weighted by Crippen LogP contribution is 2.14. The van der Waals surface area contributed by atoms with Gasteiger partial charge in [-0.05, 0) is 49.2 Å². The normalized spacial score (nSPS) is 11.4. The van der Waals surface area contributed by atoms with Crippen LogP contribution in [0.15, 0.2) is 66.1 Å². The van der Waals surface area contributed by atoms with Crippen molar-refractivity contribution in [2.45, 2.75) is 27.2 Å². The molecule has 0 aliphatic carbocycles. The molecule has 0 N–H and O–H groups in total. The minimum Gasteiger partial charge on any atom is -0.470 e. The number of oxime groups is 1. The molecule has 0 saturated heterocycles. The van der Waals surface area contributed by atoms with Crippen molar-refractivity contribution in [2.24, 2.45) is 5.16 Å². The van der Waals surface area contributed by atoms with Crippen LogP contribution in [0.4, 0.5) is 0 Å². The van der Waals surface area contributed by atoms with E-state index < -0.39 is 0 Å². The number of nitrogens with zero attached hydrogens (tertiary/aromatic N) is 4. The van der Waals surface area contributed by atoms with Gasteiger partial charge in [-0.3, -0.25) is 0 Å². The number of hydrogen-bond donors (Lipinski definition) is 0. The Morgan fingerprint density at radius 3 is 2.36 bits per heavy atom. The molecule has 0 aliphatic rings. The molecule has 0 amide bonds. The Kier molecular flexibility index (Phi) is 5.41. The predicted molar refractivity (Wildman–Crippen MR) is 95.3 cm³/mol. The van der Waals surface area contributed by atoms with E-state index in [0.29, 0.717) is 6.61 Å². The molecule has 3 rings (SSSR count). The Morgan fingerprint density at radius 1 is 1.00 bits per heavy atom. The van der Waals surface area contributed by atoms with Crippen LogP contribution in [0.3, 0.4) is 0 Å². The summed E-state index contributed by atoms with van der Waals surface area (Å²) in [5.41, 5.74) is 4.12. The summed E-state index contributed by atoms with van der Waals surface area (Å²) in [6.45, 7) is 4.71. The molecule has 0 fully saturated rings. The molecule has 2 aromatic carbocycles. The highest BCUT2D eigenvalue weighted by atomic mass is 16.6. The minimum atomic E-state index is 0.277. The van der Waals surface area contributed by atoms with Crippen molar-refractivity contribution in [3.05, 3.63) is 77.6 Å². The quantitative estimate of drug-likeness (QED) is 0.489. The summed E-state index contributed by atoms with van der Waals surface area (Å²) < 4.78 is 5.60. The van der Waals surface area contributed by atoms with Crippen LogP contribution in [0.25, 0.3) is 0 Å². The van der Waals surface area contributed by atoms with Gasteiger partial charge in [0, 0.05) is 0 Å². The Balaban J connectivity index is 1.52. The summed E-state index contributed by atoms with van der Waals surface area (Å²) in [6.07, 6.45) is 3.23. The molecule has 0 spiro atoms. The van der Waals surface area contributed by atoms with Gasteiger partial charge < -0.3 is 9.57 Å². The third kappa shape index (κ3) is 4.91. The standard InChI is InChI=1S/C19H20N4O2/c1-15-3-5-17(6-4-15)13-25-22-16(2)18-7-9-19(10-8-18)24-14-23-20-11-12-21-23/h3-12H,13-14H2,1-2H3/b22-16+. The smallest absolute Gasteiger partial charge is 0.199 e. The van der Waals surface area contributed by atoms with E-state index in [9.17, 15) is 0 Å². The second-order valence-electron chi connectivity index (χ2n) is 5.63. The average molecular weight is 336 g/mol. The molecule has 0 atom stereocenters. The van der Waals surface area contributed by atoms with Crippen LogP contribution in [-0.2, 0) is 18.2 Å². The van der Waals surface area contributed by atoms with Gasteiger partial charge in [0.1, 0.15) is 12.4 Å². The molecule has 3 aromatic rings. The molecule has 25 heavy (non-hydrogen) atoms. The van der Waals surface area contributed by atoms with Crippen LogP contribution < -0.4 is 4.74 Å². The first-order valence-corrected chi connectivity index (χ1v) is 8.00. The van der Waals surface area contributed by atoms with E-state index in [2.05, 4.69) is 34.4 Å². The first-order chi connectivity index (χ1) is 12.2. The third-order valence-corrected chi connectivity index (χ3v) is 3.64. The molecule has 1 aromatic heterocycles. The molecule has 0 aliphatic heterocycles. The van der Waals surface area contributed by atoms with Crippen molar-refractivity contribution < 1.29 is 9.57 Å². The third-order valence-electron chi connectivity index (χ3n) is 3.64. The summed E-state index contributed by atoms with van der Waals surface area (Å²) in [6, 6.07) is 15.9. The topological polar surface area (TPSA) is 61.5 Å². The fraction of sp³-hybridized carbons (Fsp3) is 0.211. The highest BCUT2D eigenvalue weighted by molar-refractivity contribution is 5.98. The molecule has 6 nitrogen and oxygen atoms in total. The monoisotopic (exact) mass is 336 g/mol. The van der Waals surface area contributed by atoms with Crippen LogP contribution in [-0.4, -0.2) is 20.7 Å². The van der Waals surface area contributed by atoms with E-state index in [1.54, 1.807) is 12.4 Å². The van der Waals surface area contributed by atoms with Gasteiger partial charge >= 0.3 is 0 Å². The summed E-state index contributed by atoms with van der Waals surface area (Å²) in [4.78, 5) is 6.91. The Hall–Kier alpha value is -3.15. The van der Waals surface area contributed by atoms with Crippen molar-refractivity contribution in [3.63, 3.8) is 0 Å². The number of ether oxygens (including phenoxy) is 1. The molecule has 0 saturated carbocycles. The lowest BCUT2D eigenvalue weighted by molar-refractivity contribution is 0.130. The number of benzene rings is 2.